The number of carbonyl (C=O) groups is 1. The van der Waals surface area contributed by atoms with Gasteiger partial charge in [0.15, 0.2) is 0 Å². The number of ketones is 1. The molecule has 1 aromatic heterocycles. The van der Waals surface area contributed by atoms with E-state index in [1.54, 1.807) is 6.07 Å². The van der Waals surface area contributed by atoms with Crippen molar-refractivity contribution in [2.24, 2.45) is 0 Å². The Morgan fingerprint density at radius 2 is 2.12 bits per heavy atom. The molecular formula is C12H9BrFNOS. The maximum Gasteiger partial charge on any atom is 0.203 e. The number of aryl methyl sites for hydroxylation is 1. The van der Waals surface area contributed by atoms with Gasteiger partial charge < -0.3 is 5.73 Å². The Labute approximate surface area is 110 Å². The van der Waals surface area contributed by atoms with Crippen LogP contribution in [0.2, 0.25) is 0 Å². The number of anilines is 1. The van der Waals surface area contributed by atoms with Crippen LogP contribution in [-0.4, -0.2) is 5.78 Å². The van der Waals surface area contributed by atoms with E-state index in [2.05, 4.69) is 15.9 Å². The molecule has 1 aromatic carbocycles. The molecule has 17 heavy (non-hydrogen) atoms. The molecule has 2 N–H and O–H groups in total. The molecule has 5 heteroatoms. The highest BCUT2D eigenvalue weighted by molar-refractivity contribution is 9.11. The summed E-state index contributed by atoms with van der Waals surface area (Å²) in [5.41, 5.74) is 6.84. The Morgan fingerprint density at radius 1 is 1.41 bits per heavy atom. The largest absolute Gasteiger partial charge is 0.396 e. The van der Waals surface area contributed by atoms with Crippen molar-refractivity contribution in [3.8, 4) is 0 Å². The summed E-state index contributed by atoms with van der Waals surface area (Å²) in [7, 11) is 0. The van der Waals surface area contributed by atoms with Gasteiger partial charge in [-0.15, -0.1) is 11.3 Å². The van der Waals surface area contributed by atoms with Gasteiger partial charge in [-0.2, -0.15) is 0 Å². The van der Waals surface area contributed by atoms with Crippen LogP contribution >= 0.6 is 27.3 Å². The summed E-state index contributed by atoms with van der Waals surface area (Å²) in [6, 6.07) is 5.81. The van der Waals surface area contributed by atoms with Crippen molar-refractivity contribution in [2.45, 2.75) is 6.92 Å². The average molecular weight is 314 g/mol. The average Bonchev–Trinajstić information content (AvgIpc) is 2.62. The molecule has 0 spiro atoms. The molecule has 0 saturated heterocycles. The number of nitrogens with two attached hydrogens (primary N) is 1. The molecule has 0 fully saturated rings. The van der Waals surface area contributed by atoms with E-state index in [1.807, 2.05) is 6.92 Å². The van der Waals surface area contributed by atoms with Crippen molar-refractivity contribution in [1.29, 1.82) is 0 Å². The zero-order chi connectivity index (χ0) is 12.6. The lowest BCUT2D eigenvalue weighted by molar-refractivity contribution is 0.104. The summed E-state index contributed by atoms with van der Waals surface area (Å²) in [5.74, 6) is -0.652. The quantitative estimate of drug-likeness (QED) is 0.677. The number of halogens is 2. The predicted octanol–water partition coefficient (Wildman–Crippen LogP) is 3.77. The second kappa shape index (κ2) is 4.58. The van der Waals surface area contributed by atoms with E-state index < -0.39 is 5.82 Å². The monoisotopic (exact) mass is 313 g/mol. The van der Waals surface area contributed by atoms with Gasteiger partial charge in [-0.1, -0.05) is 0 Å². The van der Waals surface area contributed by atoms with Gasteiger partial charge in [-0.25, -0.2) is 4.39 Å². The van der Waals surface area contributed by atoms with Crippen LogP contribution < -0.4 is 5.73 Å². The third kappa shape index (κ3) is 2.40. The number of rotatable bonds is 2. The molecule has 0 unspecified atom stereocenters. The Morgan fingerprint density at radius 3 is 2.65 bits per heavy atom. The SMILES string of the molecule is Cc1cc(C(=O)c2ccc(F)c(N)c2)sc1Br. The van der Waals surface area contributed by atoms with Crippen LogP contribution in [0.5, 0.6) is 0 Å². The van der Waals surface area contributed by atoms with Crippen LogP contribution in [-0.2, 0) is 0 Å². The number of hydrogen-bond acceptors (Lipinski definition) is 3. The van der Waals surface area contributed by atoms with E-state index in [0.29, 0.717) is 10.4 Å². The number of carbonyl (C=O) groups excluding carboxylic acids is 1. The number of hydrogen-bond donors (Lipinski definition) is 1. The van der Waals surface area contributed by atoms with Gasteiger partial charge in [0.25, 0.3) is 0 Å². The van der Waals surface area contributed by atoms with Crippen molar-refractivity contribution in [3.05, 3.63) is 49.9 Å². The van der Waals surface area contributed by atoms with E-state index in [9.17, 15) is 9.18 Å². The van der Waals surface area contributed by atoms with Crippen LogP contribution in [0.25, 0.3) is 0 Å². The van der Waals surface area contributed by atoms with Crippen LogP contribution in [0.4, 0.5) is 10.1 Å². The predicted molar refractivity (Wildman–Crippen MR) is 71.0 cm³/mol. The lowest BCUT2D eigenvalue weighted by Gasteiger charge is -2.00. The van der Waals surface area contributed by atoms with Gasteiger partial charge in [0, 0.05) is 5.56 Å². The molecule has 0 saturated carbocycles. The van der Waals surface area contributed by atoms with Gasteiger partial charge in [-0.05, 0) is 52.7 Å². The van der Waals surface area contributed by atoms with Crippen molar-refractivity contribution in [2.75, 3.05) is 5.73 Å². The topological polar surface area (TPSA) is 43.1 Å². The number of benzene rings is 1. The summed E-state index contributed by atoms with van der Waals surface area (Å²) < 4.78 is 13.9. The molecule has 0 atom stereocenters. The molecule has 0 bridgehead atoms. The Bertz CT molecular complexity index is 575. The normalized spacial score (nSPS) is 10.5. The molecule has 0 radical (unpaired) electrons. The molecule has 2 nitrogen and oxygen atoms in total. The van der Waals surface area contributed by atoms with Crippen LogP contribution in [0.1, 0.15) is 20.8 Å². The van der Waals surface area contributed by atoms with Crippen molar-refractivity contribution in [3.63, 3.8) is 0 Å². The zero-order valence-corrected chi connectivity index (χ0v) is 11.4. The second-order valence-corrected chi connectivity index (χ2v) is 6.00. The molecule has 0 aliphatic rings. The van der Waals surface area contributed by atoms with E-state index in [-0.39, 0.29) is 11.5 Å². The first-order chi connectivity index (χ1) is 7.99. The molecule has 0 amide bonds. The van der Waals surface area contributed by atoms with E-state index >= 15 is 0 Å². The van der Waals surface area contributed by atoms with E-state index in [4.69, 9.17) is 5.73 Å². The molecule has 1 heterocycles. The standard InChI is InChI=1S/C12H9BrFNOS/c1-6-4-10(17-12(6)13)11(16)7-2-3-8(14)9(15)5-7/h2-5H,15H2,1H3. The molecule has 2 rings (SSSR count). The highest BCUT2D eigenvalue weighted by Crippen LogP contribution is 2.29. The minimum Gasteiger partial charge on any atom is -0.396 e. The lowest BCUT2D eigenvalue weighted by atomic mass is 10.1. The minimum absolute atomic E-state index is 0.0109. The van der Waals surface area contributed by atoms with Gasteiger partial charge in [0.2, 0.25) is 5.78 Å². The van der Waals surface area contributed by atoms with Crippen molar-refractivity contribution in [1.82, 2.24) is 0 Å². The lowest BCUT2D eigenvalue weighted by Crippen LogP contribution is -2.01. The Hall–Kier alpha value is -1.20. The van der Waals surface area contributed by atoms with Crippen molar-refractivity contribution < 1.29 is 9.18 Å². The van der Waals surface area contributed by atoms with Crippen LogP contribution in [0, 0.1) is 12.7 Å². The fourth-order valence-corrected chi connectivity index (χ4v) is 2.90. The smallest absolute Gasteiger partial charge is 0.203 e. The Kier molecular flexibility index (Phi) is 3.31. The third-order valence-corrected chi connectivity index (χ3v) is 4.47. The number of nitrogen functional groups attached to an aromatic ring is 1. The minimum atomic E-state index is -0.509. The first-order valence-corrected chi connectivity index (χ1v) is 6.45. The summed E-state index contributed by atoms with van der Waals surface area (Å²) in [6.45, 7) is 1.91. The number of thiophene rings is 1. The molecule has 88 valence electrons. The van der Waals surface area contributed by atoms with E-state index in [1.165, 1.54) is 29.5 Å². The van der Waals surface area contributed by atoms with Gasteiger partial charge >= 0.3 is 0 Å². The summed E-state index contributed by atoms with van der Waals surface area (Å²) in [5, 5.41) is 0. The van der Waals surface area contributed by atoms with Crippen molar-refractivity contribution >= 4 is 38.7 Å². The van der Waals surface area contributed by atoms with Gasteiger partial charge in [-0.3, -0.25) is 4.79 Å². The van der Waals surface area contributed by atoms with Gasteiger partial charge in [0.05, 0.1) is 14.4 Å². The summed E-state index contributed by atoms with van der Waals surface area (Å²) in [4.78, 5) is 12.7. The fraction of sp³-hybridized carbons (Fsp3) is 0.0833. The maximum absolute atomic E-state index is 13.0. The van der Waals surface area contributed by atoms with Gasteiger partial charge in [0.1, 0.15) is 5.82 Å². The Balaban J connectivity index is 2.40. The highest BCUT2D eigenvalue weighted by Gasteiger charge is 2.14. The van der Waals surface area contributed by atoms with Crippen LogP contribution in [0.15, 0.2) is 28.1 Å². The molecule has 0 aliphatic carbocycles. The molecular weight excluding hydrogens is 305 g/mol. The van der Waals surface area contributed by atoms with Crippen LogP contribution in [0.3, 0.4) is 0 Å². The third-order valence-electron chi connectivity index (χ3n) is 2.34. The second-order valence-electron chi connectivity index (χ2n) is 3.63. The summed E-state index contributed by atoms with van der Waals surface area (Å²) in [6.07, 6.45) is 0. The first-order valence-electron chi connectivity index (χ1n) is 4.84. The van der Waals surface area contributed by atoms with E-state index in [0.717, 1.165) is 9.35 Å². The molecule has 2 aromatic rings. The maximum atomic E-state index is 13.0. The fourth-order valence-electron chi connectivity index (χ4n) is 1.40. The molecule has 0 aliphatic heterocycles. The summed E-state index contributed by atoms with van der Waals surface area (Å²) >= 11 is 4.72. The highest BCUT2D eigenvalue weighted by atomic mass is 79.9. The first kappa shape index (κ1) is 12.3. The zero-order valence-electron chi connectivity index (χ0n) is 8.96.